The largest absolute Gasteiger partial charge is 0.384 e. The van der Waals surface area contributed by atoms with E-state index in [9.17, 15) is 10.1 Å². The molecule has 0 atom stereocenters. The highest BCUT2D eigenvalue weighted by Gasteiger charge is 2.08. The number of hydrogen-bond donors (Lipinski definition) is 1. The number of nitro groups is 1. The van der Waals surface area contributed by atoms with Gasteiger partial charge >= 0.3 is 0 Å². The zero-order valence-electron chi connectivity index (χ0n) is 10.3. The van der Waals surface area contributed by atoms with Crippen molar-refractivity contribution in [3.8, 4) is 0 Å². The molecule has 0 bridgehead atoms. The molecule has 0 aliphatic carbocycles. The van der Waals surface area contributed by atoms with E-state index >= 15 is 0 Å². The first kappa shape index (κ1) is 13.8. The summed E-state index contributed by atoms with van der Waals surface area (Å²) in [5.74, 6) is 1.00. The first-order chi connectivity index (χ1) is 9.08. The molecule has 1 heterocycles. The second kappa shape index (κ2) is 6.00. The molecule has 1 aromatic carbocycles. The van der Waals surface area contributed by atoms with Gasteiger partial charge in [-0.25, -0.2) is 4.98 Å². The summed E-state index contributed by atoms with van der Waals surface area (Å²) in [6.07, 6.45) is 4.48. The highest BCUT2D eigenvalue weighted by molar-refractivity contribution is 14.1. The van der Waals surface area contributed by atoms with Gasteiger partial charge in [0.25, 0.3) is 5.69 Å². The van der Waals surface area contributed by atoms with Crippen molar-refractivity contribution >= 4 is 34.0 Å². The van der Waals surface area contributed by atoms with Crippen LogP contribution in [-0.4, -0.2) is 21.0 Å². The van der Waals surface area contributed by atoms with Crippen LogP contribution in [-0.2, 0) is 13.5 Å². The predicted octanol–water partition coefficient (Wildman–Crippen LogP) is 2.59. The van der Waals surface area contributed by atoms with Gasteiger partial charge in [0, 0.05) is 53.8 Å². The van der Waals surface area contributed by atoms with Gasteiger partial charge in [0.15, 0.2) is 0 Å². The first-order valence-electron chi connectivity index (χ1n) is 5.72. The molecule has 100 valence electrons. The summed E-state index contributed by atoms with van der Waals surface area (Å²) in [6.45, 7) is 0.735. The van der Waals surface area contributed by atoms with Gasteiger partial charge in [0.1, 0.15) is 5.82 Å². The fourth-order valence-electron chi connectivity index (χ4n) is 1.71. The van der Waals surface area contributed by atoms with Gasteiger partial charge in [0.05, 0.1) is 4.92 Å². The number of aromatic nitrogens is 2. The average molecular weight is 372 g/mol. The highest BCUT2D eigenvalue weighted by atomic mass is 127. The van der Waals surface area contributed by atoms with E-state index in [2.05, 4.69) is 32.9 Å². The number of aryl methyl sites for hydroxylation is 1. The number of non-ortho nitro benzene ring substituents is 1. The van der Waals surface area contributed by atoms with Gasteiger partial charge in [-0.15, -0.1) is 0 Å². The Morgan fingerprint density at radius 2 is 2.32 bits per heavy atom. The van der Waals surface area contributed by atoms with Gasteiger partial charge in [-0.1, -0.05) is 0 Å². The maximum absolute atomic E-state index is 10.6. The molecule has 19 heavy (non-hydrogen) atoms. The maximum atomic E-state index is 10.6. The average Bonchev–Trinajstić information content (AvgIpc) is 2.77. The lowest BCUT2D eigenvalue weighted by molar-refractivity contribution is -0.384. The van der Waals surface area contributed by atoms with Crippen molar-refractivity contribution in [2.24, 2.45) is 7.05 Å². The van der Waals surface area contributed by atoms with Crippen LogP contribution in [0.3, 0.4) is 0 Å². The van der Waals surface area contributed by atoms with Gasteiger partial charge in [-0.3, -0.25) is 10.1 Å². The highest BCUT2D eigenvalue weighted by Crippen LogP contribution is 2.23. The summed E-state index contributed by atoms with van der Waals surface area (Å²) in [5, 5.41) is 13.9. The number of nitrogens with one attached hydrogen (secondary N) is 1. The number of halogens is 1. The molecular formula is C12H13IN4O2. The molecule has 1 aromatic heterocycles. The Labute approximate surface area is 124 Å². The van der Waals surface area contributed by atoms with Crippen LogP contribution < -0.4 is 5.32 Å². The molecule has 2 aromatic rings. The summed E-state index contributed by atoms with van der Waals surface area (Å²) in [7, 11) is 1.96. The molecule has 0 radical (unpaired) electrons. The summed E-state index contributed by atoms with van der Waals surface area (Å²) < 4.78 is 2.81. The van der Waals surface area contributed by atoms with Crippen LogP contribution in [0.25, 0.3) is 0 Å². The molecule has 0 saturated heterocycles. The molecule has 0 unspecified atom stereocenters. The topological polar surface area (TPSA) is 73.0 Å². The second-order valence-electron chi connectivity index (χ2n) is 4.05. The number of hydrogen-bond acceptors (Lipinski definition) is 4. The predicted molar refractivity (Wildman–Crippen MR) is 81.2 cm³/mol. The molecule has 0 amide bonds. The SMILES string of the molecule is Cn1ccnc1CCNc1ccc([N+](=O)[O-])cc1I. The molecule has 1 N–H and O–H groups in total. The van der Waals surface area contributed by atoms with Crippen LogP contribution in [0, 0.1) is 13.7 Å². The molecule has 0 spiro atoms. The van der Waals surface area contributed by atoms with Crippen LogP contribution in [0.2, 0.25) is 0 Å². The zero-order valence-corrected chi connectivity index (χ0v) is 12.5. The van der Waals surface area contributed by atoms with Gasteiger partial charge in [-0.05, 0) is 28.7 Å². The van der Waals surface area contributed by atoms with Crippen molar-refractivity contribution in [3.63, 3.8) is 0 Å². The molecule has 6 nitrogen and oxygen atoms in total. The van der Waals surface area contributed by atoms with Crippen LogP contribution in [0.15, 0.2) is 30.6 Å². The Kier molecular flexibility index (Phi) is 4.35. The fourth-order valence-corrected chi connectivity index (χ4v) is 2.40. The minimum atomic E-state index is -0.389. The van der Waals surface area contributed by atoms with Crippen molar-refractivity contribution < 1.29 is 4.92 Å². The first-order valence-corrected chi connectivity index (χ1v) is 6.80. The number of imidazole rings is 1. The van der Waals surface area contributed by atoms with Crippen molar-refractivity contribution in [2.45, 2.75) is 6.42 Å². The summed E-state index contributed by atoms with van der Waals surface area (Å²) in [5.41, 5.74) is 1.01. The standard InChI is InChI=1S/C12H13IN4O2/c1-16-7-6-15-12(16)4-5-14-11-3-2-9(17(18)19)8-10(11)13/h2-3,6-8,14H,4-5H2,1H3. The van der Waals surface area contributed by atoms with Crippen molar-refractivity contribution in [2.75, 3.05) is 11.9 Å². The van der Waals surface area contributed by atoms with E-state index in [4.69, 9.17) is 0 Å². The van der Waals surface area contributed by atoms with E-state index < -0.39 is 0 Å². The normalized spacial score (nSPS) is 10.4. The van der Waals surface area contributed by atoms with E-state index in [0.29, 0.717) is 0 Å². The monoisotopic (exact) mass is 372 g/mol. The van der Waals surface area contributed by atoms with E-state index in [1.807, 2.05) is 17.8 Å². The Morgan fingerprint density at radius 1 is 1.53 bits per heavy atom. The van der Waals surface area contributed by atoms with Gasteiger partial charge < -0.3 is 9.88 Å². The van der Waals surface area contributed by atoms with Gasteiger partial charge in [0.2, 0.25) is 0 Å². The lowest BCUT2D eigenvalue weighted by atomic mass is 10.3. The number of anilines is 1. The third-order valence-corrected chi connectivity index (χ3v) is 3.64. The molecule has 0 saturated carbocycles. The van der Waals surface area contributed by atoms with E-state index in [1.165, 1.54) is 6.07 Å². The van der Waals surface area contributed by atoms with Crippen LogP contribution in [0.1, 0.15) is 5.82 Å². The smallest absolute Gasteiger partial charge is 0.270 e. The molecule has 0 fully saturated rings. The van der Waals surface area contributed by atoms with Crippen LogP contribution >= 0.6 is 22.6 Å². The maximum Gasteiger partial charge on any atom is 0.270 e. The van der Waals surface area contributed by atoms with Crippen LogP contribution in [0.4, 0.5) is 11.4 Å². The summed E-state index contributed by atoms with van der Waals surface area (Å²) >= 11 is 2.09. The minimum Gasteiger partial charge on any atom is -0.384 e. The Hall–Kier alpha value is -1.64. The quantitative estimate of drug-likeness (QED) is 0.498. The molecular weight excluding hydrogens is 359 g/mol. The Balaban J connectivity index is 1.96. The summed E-state index contributed by atoms with van der Waals surface area (Å²) in [6, 6.07) is 4.80. The van der Waals surface area contributed by atoms with Crippen molar-refractivity contribution in [3.05, 3.63) is 50.1 Å². The van der Waals surface area contributed by atoms with Crippen molar-refractivity contribution in [1.82, 2.24) is 9.55 Å². The lowest BCUT2D eigenvalue weighted by Crippen LogP contribution is -2.09. The number of benzene rings is 1. The molecule has 2 rings (SSSR count). The molecule has 0 aliphatic rings. The molecule has 0 aliphatic heterocycles. The minimum absolute atomic E-state index is 0.110. The Morgan fingerprint density at radius 3 is 2.89 bits per heavy atom. The van der Waals surface area contributed by atoms with E-state index in [-0.39, 0.29) is 10.6 Å². The third kappa shape index (κ3) is 3.43. The second-order valence-corrected chi connectivity index (χ2v) is 5.21. The number of nitro benzene ring substituents is 1. The van der Waals surface area contributed by atoms with E-state index in [1.54, 1.807) is 18.3 Å². The van der Waals surface area contributed by atoms with Gasteiger partial charge in [-0.2, -0.15) is 0 Å². The lowest BCUT2D eigenvalue weighted by Gasteiger charge is -2.08. The summed E-state index contributed by atoms with van der Waals surface area (Å²) in [4.78, 5) is 14.5. The number of nitrogens with zero attached hydrogens (tertiary/aromatic N) is 3. The number of rotatable bonds is 5. The zero-order chi connectivity index (χ0) is 13.8. The molecule has 7 heteroatoms. The van der Waals surface area contributed by atoms with E-state index in [0.717, 1.165) is 28.0 Å². The van der Waals surface area contributed by atoms with Crippen LogP contribution in [0.5, 0.6) is 0 Å². The fraction of sp³-hybridized carbons (Fsp3) is 0.250. The Bertz CT molecular complexity index is 597. The van der Waals surface area contributed by atoms with Crippen molar-refractivity contribution in [1.29, 1.82) is 0 Å². The third-order valence-electron chi connectivity index (χ3n) is 2.75.